The van der Waals surface area contributed by atoms with Gasteiger partial charge in [0.2, 0.25) is 0 Å². The Balaban J connectivity index is 1.49. The van der Waals surface area contributed by atoms with Crippen LogP contribution in [0, 0.1) is 17.6 Å². The first-order valence-electron chi connectivity index (χ1n) is 9.37. The maximum absolute atomic E-state index is 13.5. The van der Waals surface area contributed by atoms with Crippen molar-refractivity contribution in [2.45, 2.75) is 31.7 Å². The molecule has 2 fully saturated rings. The number of thiocarbonyl (C=S) groups is 1. The van der Waals surface area contributed by atoms with Crippen LogP contribution in [-0.4, -0.2) is 32.2 Å². The number of benzene rings is 1. The minimum Gasteiger partial charge on any atom is -0.481 e. The average molecular weight is 466 g/mol. The fourth-order valence-electron chi connectivity index (χ4n) is 3.76. The van der Waals surface area contributed by atoms with E-state index >= 15 is 0 Å². The van der Waals surface area contributed by atoms with Crippen molar-refractivity contribution in [2.75, 3.05) is 0 Å². The molecule has 0 bridgehead atoms. The number of rotatable bonds is 4. The van der Waals surface area contributed by atoms with Crippen LogP contribution in [0.15, 0.2) is 34.6 Å². The maximum atomic E-state index is 13.5. The monoisotopic (exact) mass is 465 g/mol. The minimum absolute atomic E-state index is 0.0694. The van der Waals surface area contributed by atoms with Crippen LogP contribution in [0.25, 0.3) is 17.2 Å². The molecule has 2 aromatic rings. The highest BCUT2D eigenvalue weighted by atomic mass is 32.2. The van der Waals surface area contributed by atoms with Crippen LogP contribution >= 0.6 is 35.3 Å². The van der Waals surface area contributed by atoms with Gasteiger partial charge in [0.15, 0.2) is 11.6 Å². The molecular weight excluding hydrogens is 448 g/mol. The third-order valence-electron chi connectivity index (χ3n) is 5.38. The first kappa shape index (κ1) is 21.1. The molecule has 1 aliphatic heterocycles. The van der Waals surface area contributed by atoms with Gasteiger partial charge in [-0.05, 0) is 66.5 Å². The van der Waals surface area contributed by atoms with E-state index in [1.165, 1.54) is 29.2 Å². The largest absolute Gasteiger partial charge is 0.481 e. The molecule has 1 saturated heterocycles. The predicted molar refractivity (Wildman–Crippen MR) is 118 cm³/mol. The molecule has 1 saturated carbocycles. The van der Waals surface area contributed by atoms with Gasteiger partial charge in [-0.25, -0.2) is 8.78 Å². The molecule has 1 aromatic heterocycles. The van der Waals surface area contributed by atoms with Gasteiger partial charge in [0.05, 0.1) is 10.8 Å². The Labute approximate surface area is 185 Å². The van der Waals surface area contributed by atoms with E-state index in [0.717, 1.165) is 22.6 Å². The summed E-state index contributed by atoms with van der Waals surface area (Å²) in [4.78, 5) is 27.0. The minimum atomic E-state index is -0.904. The smallest absolute Gasteiger partial charge is 0.306 e. The molecule has 1 N–H and O–H groups in total. The zero-order valence-corrected chi connectivity index (χ0v) is 18.1. The number of hydrogen-bond donors (Lipinski definition) is 1. The van der Waals surface area contributed by atoms with Crippen LogP contribution in [0.5, 0.6) is 0 Å². The summed E-state index contributed by atoms with van der Waals surface area (Å²) in [7, 11) is 0. The normalized spacial score (nSPS) is 23.4. The first-order valence-corrected chi connectivity index (χ1v) is 11.5. The van der Waals surface area contributed by atoms with Crippen molar-refractivity contribution in [1.82, 2.24) is 4.90 Å². The number of carboxylic acids is 1. The summed E-state index contributed by atoms with van der Waals surface area (Å²) in [6, 6.07) is 5.50. The Bertz CT molecular complexity index is 1060. The number of halogens is 2. The van der Waals surface area contributed by atoms with Gasteiger partial charge in [0.25, 0.3) is 5.91 Å². The zero-order valence-electron chi connectivity index (χ0n) is 15.6. The second kappa shape index (κ2) is 8.56. The second-order valence-electron chi connectivity index (χ2n) is 7.26. The number of amides is 1. The Kier molecular flexibility index (Phi) is 6.04. The average Bonchev–Trinajstić information content (AvgIpc) is 3.29. The van der Waals surface area contributed by atoms with Crippen LogP contribution in [-0.2, 0) is 9.59 Å². The van der Waals surface area contributed by atoms with E-state index < -0.39 is 17.6 Å². The molecule has 1 amide bonds. The molecule has 4 nitrogen and oxygen atoms in total. The highest BCUT2D eigenvalue weighted by Gasteiger charge is 2.39. The third kappa shape index (κ3) is 4.19. The summed E-state index contributed by atoms with van der Waals surface area (Å²) in [5.74, 6) is -3.09. The number of carbonyl (C=O) groups excluding carboxylic acids is 1. The second-order valence-corrected chi connectivity index (χ2v) is 9.88. The number of carbonyl (C=O) groups is 2. The lowest BCUT2D eigenvalue weighted by atomic mass is 9.85. The summed E-state index contributed by atoms with van der Waals surface area (Å²) in [6.45, 7) is 0. The molecule has 2 aliphatic rings. The molecule has 4 rings (SSSR count). The topological polar surface area (TPSA) is 57.6 Å². The van der Waals surface area contributed by atoms with Crippen molar-refractivity contribution in [3.05, 3.63) is 51.1 Å². The van der Waals surface area contributed by atoms with E-state index in [0.29, 0.717) is 40.5 Å². The first-order chi connectivity index (χ1) is 14.3. The van der Waals surface area contributed by atoms with E-state index in [9.17, 15) is 18.4 Å². The van der Waals surface area contributed by atoms with Crippen molar-refractivity contribution < 1.29 is 23.5 Å². The molecule has 0 atom stereocenters. The number of carboxylic acid groups (broad SMARTS) is 1. The van der Waals surface area contributed by atoms with Gasteiger partial charge in [-0.3, -0.25) is 14.5 Å². The lowest BCUT2D eigenvalue weighted by Crippen LogP contribution is -2.41. The van der Waals surface area contributed by atoms with Gasteiger partial charge in [-0.2, -0.15) is 0 Å². The van der Waals surface area contributed by atoms with Gasteiger partial charge >= 0.3 is 5.97 Å². The number of thiophene rings is 1. The fourth-order valence-corrected chi connectivity index (χ4v) is 6.07. The van der Waals surface area contributed by atoms with Crippen molar-refractivity contribution in [3.8, 4) is 11.1 Å². The molecule has 0 unspecified atom stereocenters. The van der Waals surface area contributed by atoms with Gasteiger partial charge in [-0.15, -0.1) is 11.3 Å². The highest BCUT2D eigenvalue weighted by Crippen LogP contribution is 2.39. The summed E-state index contributed by atoms with van der Waals surface area (Å²) in [6.07, 6.45) is 4.08. The van der Waals surface area contributed by atoms with E-state index in [4.69, 9.17) is 17.3 Å². The molecule has 1 aromatic carbocycles. The van der Waals surface area contributed by atoms with Crippen LogP contribution in [0.1, 0.15) is 30.6 Å². The lowest BCUT2D eigenvalue weighted by molar-refractivity contribution is -0.143. The van der Waals surface area contributed by atoms with E-state index in [1.807, 2.05) is 11.4 Å². The quantitative estimate of drug-likeness (QED) is 0.475. The van der Waals surface area contributed by atoms with Crippen molar-refractivity contribution in [3.63, 3.8) is 0 Å². The Morgan fingerprint density at radius 2 is 1.87 bits per heavy atom. The van der Waals surface area contributed by atoms with Gasteiger partial charge in [0, 0.05) is 10.9 Å². The number of thioether (sulfide) groups is 1. The molecule has 1 aliphatic carbocycles. The number of aliphatic carboxylic acids is 1. The fraction of sp³-hybridized carbons (Fsp3) is 0.286. The molecule has 9 heteroatoms. The van der Waals surface area contributed by atoms with E-state index in [1.54, 1.807) is 11.0 Å². The summed E-state index contributed by atoms with van der Waals surface area (Å²) in [5, 5.41) is 11.0. The third-order valence-corrected chi connectivity index (χ3v) is 7.59. The molecule has 2 heterocycles. The SMILES string of the molecule is O=C(O)C1CCC(N2C(=O)C(=Cc3cc(-c4ccc(F)c(F)c4)cs3)SC2=S)CC1. The summed E-state index contributed by atoms with van der Waals surface area (Å²) < 4.78 is 27.1. The Hall–Kier alpha value is -2.10. The van der Waals surface area contributed by atoms with Crippen LogP contribution < -0.4 is 0 Å². The predicted octanol–water partition coefficient (Wildman–Crippen LogP) is 5.54. The van der Waals surface area contributed by atoms with Crippen LogP contribution in [0.4, 0.5) is 8.78 Å². The molecule has 0 spiro atoms. The van der Waals surface area contributed by atoms with Crippen LogP contribution in [0.3, 0.4) is 0 Å². The van der Waals surface area contributed by atoms with E-state index in [2.05, 4.69) is 0 Å². The number of nitrogens with zero attached hydrogens (tertiary/aromatic N) is 1. The molecular formula is C21H17F2NO3S3. The number of hydrogen-bond acceptors (Lipinski definition) is 5. The van der Waals surface area contributed by atoms with Crippen molar-refractivity contribution >= 4 is 57.6 Å². The summed E-state index contributed by atoms with van der Waals surface area (Å²) >= 11 is 8.05. The lowest BCUT2D eigenvalue weighted by Gasteiger charge is -2.32. The van der Waals surface area contributed by atoms with E-state index in [-0.39, 0.29) is 17.9 Å². The van der Waals surface area contributed by atoms with Gasteiger partial charge < -0.3 is 5.11 Å². The Morgan fingerprint density at radius 1 is 1.13 bits per heavy atom. The Morgan fingerprint density at radius 3 is 2.53 bits per heavy atom. The van der Waals surface area contributed by atoms with Gasteiger partial charge in [0.1, 0.15) is 4.32 Å². The summed E-state index contributed by atoms with van der Waals surface area (Å²) in [5.41, 5.74) is 1.31. The standard InChI is InChI=1S/C21H17F2NO3S3/c22-16-6-3-12(8-17(16)23)13-7-15(29-10-13)9-18-19(25)24(21(28)30-18)14-4-1-11(2-5-14)20(26)27/h3,6-11,14H,1-2,4-5H2,(H,26,27). The molecule has 30 heavy (non-hydrogen) atoms. The van der Waals surface area contributed by atoms with Crippen molar-refractivity contribution in [1.29, 1.82) is 0 Å². The van der Waals surface area contributed by atoms with Crippen molar-refractivity contribution in [2.24, 2.45) is 5.92 Å². The van der Waals surface area contributed by atoms with Crippen LogP contribution in [0.2, 0.25) is 0 Å². The zero-order chi connectivity index (χ0) is 21.4. The molecule has 0 radical (unpaired) electrons. The molecule has 156 valence electrons. The maximum Gasteiger partial charge on any atom is 0.306 e. The van der Waals surface area contributed by atoms with Gasteiger partial charge in [-0.1, -0.05) is 30.0 Å². The highest BCUT2D eigenvalue weighted by molar-refractivity contribution is 8.26.